The van der Waals surface area contributed by atoms with Gasteiger partial charge in [-0.1, -0.05) is 24.3 Å². The number of rotatable bonds is 9. The summed E-state index contributed by atoms with van der Waals surface area (Å²) in [6.07, 6.45) is 5.07. The van der Waals surface area contributed by atoms with Crippen molar-refractivity contribution in [2.45, 2.75) is 6.92 Å². The van der Waals surface area contributed by atoms with Crippen molar-refractivity contribution in [1.29, 1.82) is 0 Å². The van der Waals surface area contributed by atoms with E-state index >= 15 is 0 Å². The molecule has 7 nitrogen and oxygen atoms in total. The van der Waals surface area contributed by atoms with Crippen LogP contribution in [0.4, 0.5) is 5.69 Å². The number of ether oxygens (including phenoxy) is 1. The predicted octanol–water partition coefficient (Wildman–Crippen LogP) is 2.97. The standard InChI is InChI=1S/C23H26N4O3/c1-15-16(17-8-9-19(23(24)29)22-18(17)10-12-26-22)5-3-6-20(15)27-21(28)7-4-11-25-13-14-30-2/h3-10,12,25-26H,11,13-14H2,1-2H3,(H2,24,29)(H,27,28)/b7-4+. The Balaban J connectivity index is 1.81. The van der Waals surface area contributed by atoms with Crippen molar-refractivity contribution in [3.05, 3.63) is 65.9 Å². The Labute approximate surface area is 175 Å². The Kier molecular flexibility index (Phi) is 7.00. The van der Waals surface area contributed by atoms with Crippen LogP contribution in [0.1, 0.15) is 15.9 Å². The first-order valence-corrected chi connectivity index (χ1v) is 9.70. The molecule has 2 amide bonds. The Morgan fingerprint density at radius 3 is 2.77 bits per heavy atom. The van der Waals surface area contributed by atoms with Gasteiger partial charge in [-0.05, 0) is 41.8 Å². The molecule has 1 aromatic heterocycles. The van der Waals surface area contributed by atoms with Crippen LogP contribution < -0.4 is 16.4 Å². The van der Waals surface area contributed by atoms with Crippen LogP contribution in [0, 0.1) is 6.92 Å². The summed E-state index contributed by atoms with van der Waals surface area (Å²) in [5.41, 5.74) is 10.2. The van der Waals surface area contributed by atoms with Crippen molar-refractivity contribution in [2.75, 3.05) is 32.1 Å². The Bertz CT molecular complexity index is 1090. The van der Waals surface area contributed by atoms with E-state index in [-0.39, 0.29) is 5.91 Å². The molecule has 0 aliphatic heterocycles. The van der Waals surface area contributed by atoms with Gasteiger partial charge in [0.05, 0.1) is 17.7 Å². The van der Waals surface area contributed by atoms with Crippen LogP contribution in [-0.2, 0) is 9.53 Å². The van der Waals surface area contributed by atoms with Crippen LogP contribution in [-0.4, -0.2) is 43.6 Å². The van der Waals surface area contributed by atoms with Crippen molar-refractivity contribution in [2.24, 2.45) is 5.73 Å². The highest BCUT2D eigenvalue weighted by atomic mass is 16.5. The Morgan fingerprint density at radius 2 is 2.00 bits per heavy atom. The SMILES string of the molecule is COCCNC/C=C/C(=O)Nc1cccc(-c2ccc(C(N)=O)c3[nH]ccc23)c1C. The number of nitrogens with one attached hydrogen (secondary N) is 3. The molecule has 0 fully saturated rings. The van der Waals surface area contributed by atoms with Gasteiger partial charge in [0.25, 0.3) is 5.91 Å². The fourth-order valence-electron chi connectivity index (χ4n) is 3.36. The second-order valence-electron chi connectivity index (χ2n) is 6.86. The van der Waals surface area contributed by atoms with Gasteiger partial charge in [0.15, 0.2) is 0 Å². The number of amides is 2. The maximum absolute atomic E-state index is 12.3. The second kappa shape index (κ2) is 9.87. The van der Waals surface area contributed by atoms with E-state index in [2.05, 4.69) is 15.6 Å². The third-order valence-electron chi connectivity index (χ3n) is 4.88. The molecule has 7 heteroatoms. The van der Waals surface area contributed by atoms with Gasteiger partial charge in [-0.15, -0.1) is 0 Å². The number of primary amides is 1. The summed E-state index contributed by atoms with van der Waals surface area (Å²) in [6.45, 7) is 3.90. The van der Waals surface area contributed by atoms with E-state index in [9.17, 15) is 9.59 Å². The first-order chi connectivity index (χ1) is 14.5. The maximum atomic E-state index is 12.3. The molecule has 5 N–H and O–H groups in total. The molecular weight excluding hydrogens is 380 g/mol. The third kappa shape index (κ3) is 4.76. The first-order valence-electron chi connectivity index (χ1n) is 9.70. The number of carbonyl (C=O) groups is 2. The number of hydrogen-bond donors (Lipinski definition) is 4. The van der Waals surface area contributed by atoms with Crippen LogP contribution in [0.2, 0.25) is 0 Å². The predicted molar refractivity (Wildman–Crippen MR) is 120 cm³/mol. The topological polar surface area (TPSA) is 109 Å². The molecule has 3 rings (SSSR count). The lowest BCUT2D eigenvalue weighted by molar-refractivity contribution is -0.111. The normalized spacial score (nSPS) is 11.3. The molecule has 0 saturated carbocycles. The average molecular weight is 406 g/mol. The summed E-state index contributed by atoms with van der Waals surface area (Å²) in [5, 5.41) is 6.98. The van der Waals surface area contributed by atoms with Gasteiger partial charge >= 0.3 is 0 Å². The van der Waals surface area contributed by atoms with Crippen molar-refractivity contribution in [3.8, 4) is 11.1 Å². The number of methoxy groups -OCH3 is 1. The van der Waals surface area contributed by atoms with Crippen LogP contribution in [0.5, 0.6) is 0 Å². The van der Waals surface area contributed by atoms with E-state index in [4.69, 9.17) is 10.5 Å². The van der Waals surface area contributed by atoms with E-state index in [1.54, 1.807) is 25.4 Å². The number of anilines is 1. The van der Waals surface area contributed by atoms with E-state index in [1.165, 1.54) is 6.08 Å². The summed E-state index contributed by atoms with van der Waals surface area (Å²) in [5.74, 6) is -0.671. The largest absolute Gasteiger partial charge is 0.383 e. The molecule has 1 heterocycles. The molecule has 0 bridgehead atoms. The highest BCUT2D eigenvalue weighted by Crippen LogP contribution is 2.34. The number of benzene rings is 2. The van der Waals surface area contributed by atoms with Crippen LogP contribution >= 0.6 is 0 Å². The molecule has 0 aliphatic rings. The van der Waals surface area contributed by atoms with Crippen LogP contribution in [0.3, 0.4) is 0 Å². The molecule has 0 unspecified atom stereocenters. The fraction of sp³-hybridized carbons (Fsp3) is 0.217. The highest BCUT2D eigenvalue weighted by Gasteiger charge is 2.15. The smallest absolute Gasteiger partial charge is 0.250 e. The van der Waals surface area contributed by atoms with Crippen molar-refractivity contribution >= 4 is 28.4 Å². The molecule has 3 aromatic rings. The monoisotopic (exact) mass is 406 g/mol. The zero-order valence-electron chi connectivity index (χ0n) is 17.1. The number of carbonyl (C=O) groups excluding carboxylic acids is 2. The molecule has 0 spiro atoms. The summed E-state index contributed by atoms with van der Waals surface area (Å²) >= 11 is 0. The summed E-state index contributed by atoms with van der Waals surface area (Å²) in [4.78, 5) is 27.1. The summed E-state index contributed by atoms with van der Waals surface area (Å²) in [6, 6.07) is 11.3. The van der Waals surface area contributed by atoms with Gasteiger partial charge in [-0.3, -0.25) is 9.59 Å². The van der Waals surface area contributed by atoms with Crippen LogP contribution in [0.25, 0.3) is 22.0 Å². The van der Waals surface area contributed by atoms with Gasteiger partial charge < -0.3 is 26.1 Å². The Morgan fingerprint density at radius 1 is 1.17 bits per heavy atom. The summed E-state index contributed by atoms with van der Waals surface area (Å²) in [7, 11) is 1.65. The number of aromatic amines is 1. The molecule has 0 aliphatic carbocycles. The number of fused-ring (bicyclic) bond motifs is 1. The molecular formula is C23H26N4O3. The van der Waals surface area contributed by atoms with E-state index < -0.39 is 5.91 Å². The molecule has 30 heavy (non-hydrogen) atoms. The van der Waals surface area contributed by atoms with Crippen molar-refractivity contribution in [1.82, 2.24) is 10.3 Å². The number of H-pyrrole nitrogens is 1. The van der Waals surface area contributed by atoms with E-state index in [1.807, 2.05) is 37.3 Å². The molecule has 0 radical (unpaired) electrons. The average Bonchev–Trinajstić information content (AvgIpc) is 3.21. The number of hydrogen-bond acceptors (Lipinski definition) is 4. The van der Waals surface area contributed by atoms with E-state index in [0.29, 0.717) is 24.2 Å². The maximum Gasteiger partial charge on any atom is 0.250 e. The Hall–Kier alpha value is -3.42. The van der Waals surface area contributed by atoms with Crippen LogP contribution in [0.15, 0.2) is 54.7 Å². The lowest BCUT2D eigenvalue weighted by Crippen LogP contribution is -2.19. The third-order valence-corrected chi connectivity index (χ3v) is 4.88. The minimum absolute atomic E-state index is 0.195. The number of aromatic nitrogens is 1. The highest BCUT2D eigenvalue weighted by molar-refractivity contribution is 6.09. The zero-order chi connectivity index (χ0) is 21.5. The van der Waals surface area contributed by atoms with Crippen molar-refractivity contribution < 1.29 is 14.3 Å². The lowest BCUT2D eigenvalue weighted by atomic mass is 9.94. The molecule has 156 valence electrons. The minimum Gasteiger partial charge on any atom is -0.383 e. The molecule has 2 aromatic carbocycles. The first kappa shape index (κ1) is 21.3. The minimum atomic E-state index is -0.477. The van der Waals surface area contributed by atoms with Gasteiger partial charge in [-0.25, -0.2) is 0 Å². The lowest BCUT2D eigenvalue weighted by Gasteiger charge is -2.13. The van der Waals surface area contributed by atoms with Crippen molar-refractivity contribution in [3.63, 3.8) is 0 Å². The van der Waals surface area contributed by atoms with E-state index in [0.717, 1.165) is 34.3 Å². The summed E-state index contributed by atoms with van der Waals surface area (Å²) < 4.78 is 4.96. The fourth-order valence-corrected chi connectivity index (χ4v) is 3.36. The van der Waals surface area contributed by atoms with Gasteiger partial charge in [0, 0.05) is 43.5 Å². The van der Waals surface area contributed by atoms with Gasteiger partial charge in [-0.2, -0.15) is 0 Å². The zero-order valence-corrected chi connectivity index (χ0v) is 17.1. The quantitative estimate of drug-likeness (QED) is 0.323. The number of nitrogens with two attached hydrogens (primary N) is 1. The van der Waals surface area contributed by atoms with Gasteiger partial charge in [0.1, 0.15) is 0 Å². The molecule has 0 atom stereocenters. The molecule has 0 saturated heterocycles. The second-order valence-corrected chi connectivity index (χ2v) is 6.86. The van der Waals surface area contributed by atoms with Gasteiger partial charge in [0.2, 0.25) is 5.91 Å².